The van der Waals surface area contributed by atoms with Crippen LogP contribution in [0.2, 0.25) is 0 Å². The van der Waals surface area contributed by atoms with Crippen LogP contribution in [-0.2, 0) is 13.6 Å². The van der Waals surface area contributed by atoms with Crippen molar-refractivity contribution < 1.29 is 4.74 Å². The van der Waals surface area contributed by atoms with E-state index in [9.17, 15) is 0 Å². The molecule has 17 heavy (non-hydrogen) atoms. The number of nitrogens with zero attached hydrogens (tertiary/aromatic N) is 2. The fourth-order valence-corrected chi connectivity index (χ4v) is 1.87. The van der Waals surface area contributed by atoms with Crippen LogP contribution < -0.4 is 10.1 Å². The van der Waals surface area contributed by atoms with Gasteiger partial charge in [0.05, 0.1) is 24.6 Å². The second-order valence-electron chi connectivity index (χ2n) is 3.86. The standard InChI is InChI=1S/C13H17N3O/c1-14-8-10-9-15-13(16(10)2)11-6-4-5-7-12(11)17-3/h4-7,9,14H,8H2,1-3H3. The average molecular weight is 231 g/mol. The van der Waals surface area contributed by atoms with Crippen molar-refractivity contribution in [2.45, 2.75) is 6.54 Å². The fraction of sp³-hybridized carbons (Fsp3) is 0.308. The molecule has 1 N–H and O–H groups in total. The molecule has 0 aliphatic carbocycles. The van der Waals surface area contributed by atoms with E-state index < -0.39 is 0 Å². The van der Waals surface area contributed by atoms with Crippen LogP contribution in [0.15, 0.2) is 30.5 Å². The van der Waals surface area contributed by atoms with Gasteiger partial charge in [0.15, 0.2) is 0 Å². The van der Waals surface area contributed by atoms with Gasteiger partial charge in [-0.1, -0.05) is 12.1 Å². The maximum Gasteiger partial charge on any atom is 0.143 e. The van der Waals surface area contributed by atoms with E-state index in [1.807, 2.05) is 44.6 Å². The van der Waals surface area contributed by atoms with E-state index in [2.05, 4.69) is 14.9 Å². The third-order valence-corrected chi connectivity index (χ3v) is 2.79. The van der Waals surface area contributed by atoms with Gasteiger partial charge in [0.2, 0.25) is 0 Å². The van der Waals surface area contributed by atoms with Crippen molar-refractivity contribution in [2.75, 3.05) is 14.2 Å². The summed E-state index contributed by atoms with van der Waals surface area (Å²) in [6, 6.07) is 7.91. The van der Waals surface area contributed by atoms with Crippen molar-refractivity contribution in [1.29, 1.82) is 0 Å². The molecule has 0 aliphatic rings. The van der Waals surface area contributed by atoms with E-state index in [1.54, 1.807) is 7.11 Å². The van der Waals surface area contributed by atoms with E-state index in [0.717, 1.165) is 29.4 Å². The lowest BCUT2D eigenvalue weighted by atomic mass is 10.2. The molecule has 0 radical (unpaired) electrons. The number of ether oxygens (including phenoxy) is 1. The molecular formula is C13H17N3O. The lowest BCUT2D eigenvalue weighted by Crippen LogP contribution is -2.09. The lowest BCUT2D eigenvalue weighted by molar-refractivity contribution is 0.416. The maximum atomic E-state index is 5.36. The Kier molecular flexibility index (Phi) is 3.44. The van der Waals surface area contributed by atoms with Gasteiger partial charge in [-0.3, -0.25) is 0 Å². The normalized spacial score (nSPS) is 10.5. The second kappa shape index (κ2) is 5.01. The van der Waals surface area contributed by atoms with Crippen molar-refractivity contribution in [3.8, 4) is 17.1 Å². The van der Waals surface area contributed by atoms with Crippen molar-refractivity contribution in [3.63, 3.8) is 0 Å². The van der Waals surface area contributed by atoms with Crippen LogP contribution in [-0.4, -0.2) is 23.7 Å². The van der Waals surface area contributed by atoms with E-state index in [4.69, 9.17) is 4.74 Å². The molecule has 1 heterocycles. The third kappa shape index (κ3) is 2.17. The van der Waals surface area contributed by atoms with Gasteiger partial charge in [0, 0.05) is 13.6 Å². The summed E-state index contributed by atoms with van der Waals surface area (Å²) in [6.45, 7) is 0.804. The summed E-state index contributed by atoms with van der Waals surface area (Å²) in [5.41, 5.74) is 2.16. The largest absolute Gasteiger partial charge is 0.496 e. The summed E-state index contributed by atoms with van der Waals surface area (Å²) in [4.78, 5) is 4.46. The first kappa shape index (κ1) is 11.7. The highest BCUT2D eigenvalue weighted by Gasteiger charge is 2.11. The van der Waals surface area contributed by atoms with Crippen molar-refractivity contribution in [2.24, 2.45) is 7.05 Å². The van der Waals surface area contributed by atoms with E-state index in [1.165, 1.54) is 0 Å². The first-order valence-electron chi connectivity index (χ1n) is 5.56. The molecule has 2 rings (SSSR count). The number of para-hydroxylation sites is 1. The summed E-state index contributed by atoms with van der Waals surface area (Å²) in [7, 11) is 5.62. The Balaban J connectivity index is 2.46. The molecule has 0 fully saturated rings. The highest BCUT2D eigenvalue weighted by molar-refractivity contribution is 5.64. The third-order valence-electron chi connectivity index (χ3n) is 2.79. The monoisotopic (exact) mass is 231 g/mol. The Morgan fingerprint density at radius 3 is 2.82 bits per heavy atom. The number of benzene rings is 1. The number of methoxy groups -OCH3 is 1. The molecule has 0 saturated carbocycles. The minimum atomic E-state index is 0.804. The minimum absolute atomic E-state index is 0.804. The Bertz CT molecular complexity index is 505. The predicted octanol–water partition coefficient (Wildman–Crippen LogP) is 1.82. The highest BCUT2D eigenvalue weighted by Crippen LogP contribution is 2.28. The zero-order chi connectivity index (χ0) is 12.3. The van der Waals surface area contributed by atoms with Crippen LogP contribution in [0.3, 0.4) is 0 Å². The smallest absolute Gasteiger partial charge is 0.143 e. The Morgan fingerprint density at radius 2 is 2.12 bits per heavy atom. The van der Waals surface area contributed by atoms with Crippen LogP contribution in [0.5, 0.6) is 5.75 Å². The lowest BCUT2D eigenvalue weighted by Gasteiger charge is -2.09. The molecule has 1 aromatic heterocycles. The van der Waals surface area contributed by atoms with E-state index in [-0.39, 0.29) is 0 Å². The van der Waals surface area contributed by atoms with Gasteiger partial charge >= 0.3 is 0 Å². The molecular weight excluding hydrogens is 214 g/mol. The van der Waals surface area contributed by atoms with Gasteiger partial charge in [-0.05, 0) is 19.2 Å². The molecule has 0 saturated heterocycles. The SMILES string of the molecule is CNCc1cnc(-c2ccccc2OC)n1C. The van der Waals surface area contributed by atoms with Crippen LogP contribution in [0.4, 0.5) is 0 Å². The molecule has 4 nitrogen and oxygen atoms in total. The Labute approximate surface area is 101 Å². The van der Waals surface area contributed by atoms with Crippen LogP contribution in [0.1, 0.15) is 5.69 Å². The molecule has 0 amide bonds. The number of aromatic nitrogens is 2. The summed E-state index contributed by atoms with van der Waals surface area (Å²) in [6.07, 6.45) is 1.89. The Morgan fingerprint density at radius 1 is 1.35 bits per heavy atom. The first-order valence-corrected chi connectivity index (χ1v) is 5.56. The zero-order valence-electron chi connectivity index (χ0n) is 10.4. The minimum Gasteiger partial charge on any atom is -0.496 e. The van der Waals surface area contributed by atoms with Gasteiger partial charge < -0.3 is 14.6 Å². The average Bonchev–Trinajstić information content (AvgIpc) is 2.72. The molecule has 0 aliphatic heterocycles. The highest BCUT2D eigenvalue weighted by atomic mass is 16.5. The van der Waals surface area contributed by atoms with Crippen LogP contribution in [0.25, 0.3) is 11.4 Å². The summed E-state index contributed by atoms with van der Waals surface area (Å²) >= 11 is 0. The zero-order valence-corrected chi connectivity index (χ0v) is 10.4. The van der Waals surface area contributed by atoms with E-state index >= 15 is 0 Å². The molecule has 0 atom stereocenters. The molecule has 0 bridgehead atoms. The number of hydrogen-bond donors (Lipinski definition) is 1. The molecule has 0 spiro atoms. The van der Waals surface area contributed by atoms with Gasteiger partial charge in [0.25, 0.3) is 0 Å². The summed E-state index contributed by atoms with van der Waals surface area (Å²) < 4.78 is 7.43. The quantitative estimate of drug-likeness (QED) is 0.872. The Hall–Kier alpha value is -1.81. The molecule has 1 aromatic carbocycles. The van der Waals surface area contributed by atoms with E-state index in [0.29, 0.717) is 0 Å². The fourth-order valence-electron chi connectivity index (χ4n) is 1.87. The second-order valence-corrected chi connectivity index (χ2v) is 3.86. The van der Waals surface area contributed by atoms with Gasteiger partial charge in [-0.25, -0.2) is 4.98 Å². The first-order chi connectivity index (χ1) is 8.27. The predicted molar refractivity (Wildman–Crippen MR) is 68.0 cm³/mol. The number of hydrogen-bond acceptors (Lipinski definition) is 3. The molecule has 0 unspecified atom stereocenters. The maximum absolute atomic E-state index is 5.36. The number of nitrogens with one attached hydrogen (secondary N) is 1. The molecule has 90 valence electrons. The topological polar surface area (TPSA) is 39.1 Å². The van der Waals surface area contributed by atoms with Gasteiger partial charge in [0.1, 0.15) is 11.6 Å². The summed E-state index contributed by atoms with van der Waals surface area (Å²) in [5.74, 6) is 1.77. The van der Waals surface area contributed by atoms with Gasteiger partial charge in [-0.15, -0.1) is 0 Å². The van der Waals surface area contributed by atoms with Crippen molar-refractivity contribution in [3.05, 3.63) is 36.2 Å². The van der Waals surface area contributed by atoms with Gasteiger partial charge in [-0.2, -0.15) is 0 Å². The molecule has 4 heteroatoms. The van der Waals surface area contributed by atoms with Crippen molar-refractivity contribution >= 4 is 0 Å². The number of rotatable bonds is 4. The van der Waals surface area contributed by atoms with Crippen LogP contribution >= 0.6 is 0 Å². The number of imidazole rings is 1. The van der Waals surface area contributed by atoms with Crippen molar-refractivity contribution in [1.82, 2.24) is 14.9 Å². The van der Waals surface area contributed by atoms with Crippen LogP contribution in [0, 0.1) is 0 Å². The summed E-state index contributed by atoms with van der Waals surface area (Å²) in [5, 5.41) is 3.13. The molecule has 2 aromatic rings.